The van der Waals surface area contributed by atoms with Crippen LogP contribution in [0.1, 0.15) is 11.8 Å². The normalized spacial score (nSPS) is 11.5. The van der Waals surface area contributed by atoms with Crippen LogP contribution < -0.4 is 5.73 Å². The van der Waals surface area contributed by atoms with Crippen LogP contribution in [0.25, 0.3) is 43.2 Å². The first-order chi connectivity index (χ1) is 17.2. The first kappa shape index (κ1) is 24.5. The molecule has 10 heteroatoms. The molecule has 0 aliphatic heterocycles. The molecule has 0 bridgehead atoms. The van der Waals surface area contributed by atoms with Crippen LogP contribution in [-0.4, -0.2) is 50.6 Å². The Balaban J connectivity index is 1.70. The quantitative estimate of drug-likeness (QED) is 0.186. The summed E-state index contributed by atoms with van der Waals surface area (Å²) in [7, 11) is 0. The molecule has 0 atom stereocenters. The van der Waals surface area contributed by atoms with Gasteiger partial charge in [-0.05, 0) is 61.0 Å². The van der Waals surface area contributed by atoms with Crippen molar-refractivity contribution in [3.63, 3.8) is 0 Å². The summed E-state index contributed by atoms with van der Waals surface area (Å²) in [6, 6.07) is 15.7. The highest BCUT2D eigenvalue weighted by Gasteiger charge is 2.23. The van der Waals surface area contributed by atoms with Gasteiger partial charge in [0.1, 0.15) is 13.1 Å². The van der Waals surface area contributed by atoms with Crippen molar-refractivity contribution in [3.8, 4) is 10.4 Å². The molecule has 0 unspecified atom stereocenters. The van der Waals surface area contributed by atoms with Crippen molar-refractivity contribution in [2.75, 3.05) is 18.8 Å². The number of hydrogen-bond acceptors (Lipinski definition) is 5. The van der Waals surface area contributed by atoms with Crippen LogP contribution in [-0.2, 0) is 20.9 Å². The van der Waals surface area contributed by atoms with E-state index in [9.17, 15) is 14.4 Å². The molecule has 1 amide bonds. The molecular weight excluding hydrogens is 480 g/mol. The van der Waals surface area contributed by atoms with Crippen molar-refractivity contribution >= 4 is 62.8 Å². The lowest BCUT2D eigenvalue weighted by molar-refractivity contribution is -0.147. The number of carbonyl (C=O) groups is 3. The van der Waals surface area contributed by atoms with Gasteiger partial charge in [-0.15, -0.1) is 11.3 Å². The van der Waals surface area contributed by atoms with Crippen molar-refractivity contribution in [1.29, 1.82) is 0 Å². The predicted molar refractivity (Wildman–Crippen MR) is 139 cm³/mol. The van der Waals surface area contributed by atoms with E-state index in [1.54, 1.807) is 6.07 Å². The van der Waals surface area contributed by atoms with Gasteiger partial charge in [0.25, 0.3) is 11.6 Å². The summed E-state index contributed by atoms with van der Waals surface area (Å²) in [5.74, 6) is -3.68. The molecule has 0 radical (unpaired) electrons. The summed E-state index contributed by atoms with van der Waals surface area (Å²) in [6.45, 7) is 8.65. The van der Waals surface area contributed by atoms with Gasteiger partial charge >= 0.3 is 11.9 Å². The maximum absolute atomic E-state index is 12.7. The Morgan fingerprint density at radius 2 is 1.67 bits per heavy atom. The van der Waals surface area contributed by atoms with Crippen LogP contribution in [0.15, 0.2) is 54.2 Å². The number of fused-ring (bicyclic) bond motifs is 3. The lowest BCUT2D eigenvalue weighted by Gasteiger charge is -2.17. The molecule has 4 N–H and O–H groups in total. The highest BCUT2D eigenvalue weighted by molar-refractivity contribution is 7.16. The highest BCUT2D eigenvalue weighted by atomic mass is 32.1. The van der Waals surface area contributed by atoms with Gasteiger partial charge in [0.05, 0.1) is 6.57 Å². The average Bonchev–Trinajstić information content (AvgIpc) is 3.42. The van der Waals surface area contributed by atoms with E-state index in [1.807, 2.05) is 30.3 Å². The number of aryl methyl sites for hydroxylation is 1. The van der Waals surface area contributed by atoms with Gasteiger partial charge in [-0.3, -0.25) is 14.4 Å². The fourth-order valence-electron chi connectivity index (χ4n) is 4.17. The first-order valence-corrected chi connectivity index (χ1v) is 11.8. The van der Waals surface area contributed by atoms with Crippen LogP contribution >= 0.6 is 11.3 Å². The summed E-state index contributed by atoms with van der Waals surface area (Å²) in [4.78, 5) is 40.1. The lowest BCUT2D eigenvalue weighted by Crippen LogP contribution is -2.39. The van der Waals surface area contributed by atoms with Gasteiger partial charge in [-0.2, -0.15) is 0 Å². The van der Waals surface area contributed by atoms with Gasteiger partial charge in [0.15, 0.2) is 0 Å². The van der Waals surface area contributed by atoms with Crippen molar-refractivity contribution in [2.24, 2.45) is 0 Å². The molecule has 0 fully saturated rings. The smallest absolute Gasteiger partial charge is 0.323 e. The zero-order chi connectivity index (χ0) is 26.0. The van der Waals surface area contributed by atoms with Gasteiger partial charge in [-0.25, -0.2) is 4.85 Å². The van der Waals surface area contributed by atoms with E-state index in [0.717, 1.165) is 38.8 Å². The fourth-order valence-corrected chi connectivity index (χ4v) is 5.11. The average molecular weight is 503 g/mol. The SMILES string of the molecule is [C-]#[N+]/C(=C\c1ccc(-c2ccc3c(c2)c2cc(N)ccc2n3CC)s1)C(=O)N(CC(=O)O)CC(=O)O. The lowest BCUT2D eigenvalue weighted by atomic mass is 10.1. The van der Waals surface area contributed by atoms with Crippen molar-refractivity contribution in [1.82, 2.24) is 9.47 Å². The Hall–Kier alpha value is -4.62. The molecule has 2 heterocycles. The molecule has 36 heavy (non-hydrogen) atoms. The number of nitrogens with zero attached hydrogens (tertiary/aromatic N) is 3. The highest BCUT2D eigenvalue weighted by Crippen LogP contribution is 2.36. The zero-order valence-corrected chi connectivity index (χ0v) is 20.1. The first-order valence-electron chi connectivity index (χ1n) is 11.0. The number of hydrogen-bond donors (Lipinski definition) is 3. The van der Waals surface area contributed by atoms with E-state index in [-0.39, 0.29) is 5.70 Å². The Labute approximate surface area is 210 Å². The van der Waals surface area contributed by atoms with Crippen LogP contribution in [0.2, 0.25) is 0 Å². The number of rotatable bonds is 8. The summed E-state index contributed by atoms with van der Waals surface area (Å²) in [6.07, 6.45) is 1.35. The van der Waals surface area contributed by atoms with E-state index < -0.39 is 30.9 Å². The summed E-state index contributed by atoms with van der Waals surface area (Å²) in [5.41, 5.74) is 9.52. The Bertz CT molecular complexity index is 1580. The van der Waals surface area contributed by atoms with Crippen LogP contribution in [0.3, 0.4) is 0 Å². The fraction of sp³-hybridized carbons (Fsp3) is 0.154. The number of nitrogens with two attached hydrogens (primary N) is 1. The molecule has 0 aliphatic carbocycles. The van der Waals surface area contributed by atoms with Gasteiger partial charge in [-0.1, -0.05) is 6.07 Å². The van der Waals surface area contributed by atoms with Crippen molar-refractivity contribution < 1.29 is 24.6 Å². The van der Waals surface area contributed by atoms with Crippen LogP contribution in [0.4, 0.5) is 5.69 Å². The third-order valence-corrected chi connectivity index (χ3v) is 6.76. The monoisotopic (exact) mass is 502 g/mol. The molecular formula is C26H22N4O5S. The standard InChI is InChI=1S/C26H22N4O5S/c1-3-30-21-7-4-15(10-18(21)19-11-16(27)5-8-22(19)30)23-9-6-17(36-23)12-20(28-2)26(35)29(13-24(31)32)14-25(33)34/h4-12H,3,13-14,27H2,1H3,(H,31,32)(H,33,34)/b20-12-. The molecule has 4 rings (SSSR count). The second-order valence-electron chi connectivity index (χ2n) is 8.04. The maximum Gasteiger partial charge on any atom is 0.323 e. The van der Waals surface area contributed by atoms with Gasteiger partial charge < -0.3 is 25.4 Å². The van der Waals surface area contributed by atoms with E-state index in [0.29, 0.717) is 15.5 Å². The number of aromatic nitrogens is 1. The largest absolute Gasteiger partial charge is 0.480 e. The third kappa shape index (κ3) is 4.78. The topological polar surface area (TPSA) is 130 Å². The maximum atomic E-state index is 12.7. The zero-order valence-electron chi connectivity index (χ0n) is 19.3. The number of carboxylic acids is 2. The summed E-state index contributed by atoms with van der Waals surface area (Å²) >= 11 is 1.36. The van der Waals surface area contributed by atoms with Gasteiger partial charge in [0, 0.05) is 43.8 Å². The number of nitrogen functional groups attached to an aromatic ring is 1. The Morgan fingerprint density at radius 3 is 2.28 bits per heavy atom. The molecule has 4 aromatic rings. The van der Waals surface area contributed by atoms with E-state index in [1.165, 1.54) is 17.4 Å². The molecule has 2 aromatic heterocycles. The van der Waals surface area contributed by atoms with E-state index >= 15 is 0 Å². The van der Waals surface area contributed by atoms with Crippen LogP contribution in [0.5, 0.6) is 0 Å². The molecule has 0 aliphatic rings. The predicted octanol–water partition coefficient (Wildman–Crippen LogP) is 4.38. The minimum atomic E-state index is -1.37. The minimum absolute atomic E-state index is 0.358. The molecule has 9 nitrogen and oxygen atoms in total. The van der Waals surface area contributed by atoms with E-state index in [4.69, 9.17) is 22.5 Å². The number of amides is 1. The Kier molecular flexibility index (Phi) is 6.76. The molecule has 2 aromatic carbocycles. The van der Waals surface area contributed by atoms with Crippen molar-refractivity contribution in [2.45, 2.75) is 13.5 Å². The second kappa shape index (κ2) is 9.93. The summed E-state index contributed by atoms with van der Waals surface area (Å²) < 4.78 is 2.23. The minimum Gasteiger partial charge on any atom is -0.480 e. The number of benzene rings is 2. The molecule has 0 saturated heterocycles. The molecule has 0 saturated carbocycles. The van der Waals surface area contributed by atoms with Crippen molar-refractivity contribution in [3.05, 3.63) is 70.5 Å². The second-order valence-corrected chi connectivity index (χ2v) is 9.16. The summed E-state index contributed by atoms with van der Waals surface area (Å²) in [5, 5.41) is 20.1. The number of carbonyl (C=O) groups excluding carboxylic acids is 1. The number of anilines is 1. The number of thiophene rings is 1. The Morgan fingerprint density at radius 1 is 1.03 bits per heavy atom. The number of carboxylic acid groups (broad SMARTS) is 2. The van der Waals surface area contributed by atoms with Gasteiger partial charge in [0.2, 0.25) is 0 Å². The van der Waals surface area contributed by atoms with E-state index in [2.05, 4.69) is 28.5 Å². The number of aliphatic carboxylic acids is 2. The van der Waals surface area contributed by atoms with Crippen LogP contribution in [0, 0.1) is 6.57 Å². The molecule has 182 valence electrons. The molecule has 0 spiro atoms. The third-order valence-electron chi connectivity index (χ3n) is 5.67.